The van der Waals surface area contributed by atoms with Crippen LogP contribution in [0, 0.1) is 0 Å². The first-order valence-electron chi connectivity index (χ1n) is 5.50. The van der Waals surface area contributed by atoms with Gasteiger partial charge in [0.15, 0.2) is 5.17 Å². The Morgan fingerprint density at radius 3 is 2.53 bits per heavy atom. The zero-order valence-electron chi connectivity index (χ0n) is 10.2. The van der Waals surface area contributed by atoms with Gasteiger partial charge in [0.1, 0.15) is 0 Å². The maximum Gasteiger partial charge on any atom is 0.257 e. The summed E-state index contributed by atoms with van der Waals surface area (Å²) in [6, 6.07) is 6.20. The Morgan fingerprint density at radius 2 is 2.00 bits per heavy atom. The van der Waals surface area contributed by atoms with Crippen LogP contribution in [0.4, 0.5) is 5.69 Å². The minimum atomic E-state index is -3.30. The minimum Gasteiger partial charge on any atom is -0.301 e. The van der Waals surface area contributed by atoms with Crippen LogP contribution in [0.2, 0.25) is 0 Å². The summed E-state index contributed by atoms with van der Waals surface area (Å²) in [5, 5.41) is 3.33. The molecule has 0 radical (unpaired) electrons. The number of nitrogens with one attached hydrogen (secondary N) is 2. The molecule has 1 aliphatic heterocycles. The van der Waals surface area contributed by atoms with Gasteiger partial charge in [-0.3, -0.25) is 14.5 Å². The highest BCUT2D eigenvalue weighted by atomic mass is 32.2. The van der Waals surface area contributed by atoms with E-state index in [1.54, 1.807) is 24.3 Å². The van der Waals surface area contributed by atoms with E-state index in [-0.39, 0.29) is 5.91 Å². The van der Waals surface area contributed by atoms with E-state index in [1.807, 2.05) is 0 Å². The molecule has 1 amide bonds. The Labute approximate surface area is 115 Å². The fourth-order valence-electron chi connectivity index (χ4n) is 1.48. The minimum absolute atomic E-state index is 0.251. The van der Waals surface area contributed by atoms with E-state index >= 15 is 0 Å². The molecular formula is C11H13N3O3S2. The molecule has 1 aromatic carbocycles. The van der Waals surface area contributed by atoms with Gasteiger partial charge >= 0.3 is 0 Å². The summed E-state index contributed by atoms with van der Waals surface area (Å²) in [4.78, 5) is 16.0. The molecule has 0 saturated carbocycles. The third kappa shape index (κ3) is 4.25. The first-order valence-corrected chi connectivity index (χ1v) is 8.38. The van der Waals surface area contributed by atoms with Crippen molar-refractivity contribution in [2.24, 2.45) is 4.99 Å². The van der Waals surface area contributed by atoms with Gasteiger partial charge in [-0.25, -0.2) is 8.42 Å². The lowest BCUT2D eigenvalue weighted by atomic mass is 10.2. The zero-order valence-corrected chi connectivity index (χ0v) is 11.8. The summed E-state index contributed by atoms with van der Waals surface area (Å²) in [6.45, 7) is 0.720. The van der Waals surface area contributed by atoms with Gasteiger partial charge in [0, 0.05) is 17.0 Å². The van der Waals surface area contributed by atoms with Crippen LogP contribution in [0.15, 0.2) is 29.3 Å². The number of sulfonamides is 1. The molecular weight excluding hydrogens is 286 g/mol. The highest BCUT2D eigenvalue weighted by molar-refractivity contribution is 8.14. The predicted molar refractivity (Wildman–Crippen MR) is 77.1 cm³/mol. The van der Waals surface area contributed by atoms with Crippen molar-refractivity contribution in [2.75, 3.05) is 23.3 Å². The van der Waals surface area contributed by atoms with Gasteiger partial charge in [-0.05, 0) is 24.3 Å². The van der Waals surface area contributed by atoms with E-state index in [1.165, 1.54) is 11.8 Å². The second-order valence-corrected chi connectivity index (χ2v) is 6.77. The van der Waals surface area contributed by atoms with Crippen molar-refractivity contribution >= 4 is 38.5 Å². The molecule has 0 aliphatic carbocycles. The fraction of sp³-hybridized carbons (Fsp3) is 0.273. The second kappa shape index (κ2) is 5.62. The van der Waals surface area contributed by atoms with Crippen LogP contribution < -0.4 is 10.0 Å². The van der Waals surface area contributed by atoms with Crippen LogP contribution in [0.1, 0.15) is 10.4 Å². The number of benzene rings is 1. The normalized spacial score (nSPS) is 14.9. The standard InChI is InChI=1S/C11H13N3O3S2/c1-19(16,17)14-9-4-2-8(3-5-9)10(15)13-11-12-6-7-18-11/h2-5,14H,6-7H2,1H3,(H,12,13,15). The van der Waals surface area contributed by atoms with Crippen LogP contribution in [-0.4, -0.2) is 38.0 Å². The number of hydrogen-bond donors (Lipinski definition) is 2. The van der Waals surface area contributed by atoms with Crippen LogP contribution in [0.3, 0.4) is 0 Å². The highest BCUT2D eigenvalue weighted by Crippen LogP contribution is 2.13. The monoisotopic (exact) mass is 299 g/mol. The maximum atomic E-state index is 11.9. The van der Waals surface area contributed by atoms with Gasteiger partial charge in [-0.15, -0.1) is 0 Å². The SMILES string of the molecule is CS(=O)(=O)Nc1ccc(C(=O)NC2=NCCS2)cc1. The molecule has 2 N–H and O–H groups in total. The number of carbonyl (C=O) groups excluding carboxylic acids is 1. The molecule has 0 saturated heterocycles. The zero-order chi connectivity index (χ0) is 13.9. The lowest BCUT2D eigenvalue weighted by molar-refractivity contribution is 0.0978. The average molecular weight is 299 g/mol. The molecule has 1 heterocycles. The second-order valence-electron chi connectivity index (χ2n) is 3.94. The number of anilines is 1. The topological polar surface area (TPSA) is 87.6 Å². The molecule has 102 valence electrons. The lowest BCUT2D eigenvalue weighted by Crippen LogP contribution is -2.27. The summed E-state index contributed by atoms with van der Waals surface area (Å²) in [5.74, 6) is 0.631. The quantitative estimate of drug-likeness (QED) is 0.867. The molecule has 0 aromatic heterocycles. The van der Waals surface area contributed by atoms with Crippen molar-refractivity contribution in [3.8, 4) is 0 Å². The van der Waals surface area contributed by atoms with E-state index in [4.69, 9.17) is 0 Å². The first-order chi connectivity index (χ1) is 8.94. The number of carbonyl (C=O) groups is 1. The van der Waals surface area contributed by atoms with Crippen molar-refractivity contribution in [1.29, 1.82) is 0 Å². The summed E-state index contributed by atoms with van der Waals surface area (Å²) < 4.78 is 24.4. The van der Waals surface area contributed by atoms with E-state index in [0.29, 0.717) is 16.4 Å². The Hall–Kier alpha value is -1.54. The molecule has 19 heavy (non-hydrogen) atoms. The molecule has 1 aliphatic rings. The van der Waals surface area contributed by atoms with E-state index in [9.17, 15) is 13.2 Å². The third-order valence-electron chi connectivity index (χ3n) is 2.26. The number of aliphatic imine (C=N–C) groups is 1. The number of hydrogen-bond acceptors (Lipinski definition) is 5. The van der Waals surface area contributed by atoms with Gasteiger partial charge in [0.2, 0.25) is 10.0 Å². The molecule has 0 spiro atoms. The Balaban J connectivity index is 2.03. The molecule has 0 bridgehead atoms. The van der Waals surface area contributed by atoms with Gasteiger partial charge in [0.05, 0.1) is 12.8 Å². The molecule has 2 rings (SSSR count). The number of rotatable bonds is 3. The molecule has 6 nitrogen and oxygen atoms in total. The summed E-state index contributed by atoms with van der Waals surface area (Å²) in [5.41, 5.74) is 0.876. The van der Waals surface area contributed by atoms with E-state index in [0.717, 1.165) is 18.6 Å². The molecule has 1 aromatic rings. The van der Waals surface area contributed by atoms with E-state index in [2.05, 4.69) is 15.0 Å². The van der Waals surface area contributed by atoms with Crippen LogP contribution >= 0.6 is 11.8 Å². The van der Waals surface area contributed by atoms with Crippen molar-refractivity contribution < 1.29 is 13.2 Å². The first kappa shape index (κ1) is 13.9. The van der Waals surface area contributed by atoms with Crippen LogP contribution in [0.5, 0.6) is 0 Å². The fourth-order valence-corrected chi connectivity index (χ4v) is 2.77. The average Bonchev–Trinajstić information content (AvgIpc) is 2.80. The van der Waals surface area contributed by atoms with E-state index < -0.39 is 10.0 Å². The highest BCUT2D eigenvalue weighted by Gasteiger charge is 2.12. The van der Waals surface area contributed by atoms with Crippen LogP contribution in [-0.2, 0) is 10.0 Å². The van der Waals surface area contributed by atoms with Crippen molar-refractivity contribution in [3.63, 3.8) is 0 Å². The number of thioether (sulfide) groups is 1. The molecule has 0 unspecified atom stereocenters. The molecule has 0 fully saturated rings. The predicted octanol–water partition coefficient (Wildman–Crippen LogP) is 0.891. The van der Waals surface area contributed by atoms with Gasteiger partial charge in [-0.2, -0.15) is 0 Å². The number of amides is 1. The van der Waals surface area contributed by atoms with Gasteiger partial charge < -0.3 is 5.32 Å². The summed E-state index contributed by atoms with van der Waals surface area (Å²) in [6.07, 6.45) is 1.07. The van der Waals surface area contributed by atoms with Crippen molar-refractivity contribution in [1.82, 2.24) is 5.32 Å². The maximum absolute atomic E-state index is 11.9. The Kier molecular flexibility index (Phi) is 4.11. The Morgan fingerprint density at radius 1 is 1.32 bits per heavy atom. The number of amidine groups is 1. The lowest BCUT2D eigenvalue weighted by Gasteiger charge is -2.06. The number of nitrogens with zero attached hydrogens (tertiary/aromatic N) is 1. The molecule has 8 heteroatoms. The summed E-state index contributed by atoms with van der Waals surface area (Å²) in [7, 11) is -3.30. The van der Waals surface area contributed by atoms with Gasteiger partial charge in [0.25, 0.3) is 5.91 Å². The van der Waals surface area contributed by atoms with Crippen LogP contribution in [0.25, 0.3) is 0 Å². The van der Waals surface area contributed by atoms with Crippen molar-refractivity contribution in [3.05, 3.63) is 29.8 Å². The molecule has 0 atom stereocenters. The van der Waals surface area contributed by atoms with Gasteiger partial charge in [-0.1, -0.05) is 11.8 Å². The smallest absolute Gasteiger partial charge is 0.257 e. The van der Waals surface area contributed by atoms with Crippen molar-refractivity contribution in [2.45, 2.75) is 0 Å². The largest absolute Gasteiger partial charge is 0.301 e. The third-order valence-corrected chi connectivity index (χ3v) is 3.75. The Bertz CT molecular complexity index is 609. The summed E-state index contributed by atoms with van der Waals surface area (Å²) >= 11 is 1.50.